The topological polar surface area (TPSA) is 55.1 Å². The summed E-state index contributed by atoms with van der Waals surface area (Å²) in [5, 5.41) is 8.53. The van der Waals surface area contributed by atoms with Crippen LogP contribution < -0.4 is 0 Å². The maximum absolute atomic E-state index is 5.95. The molecule has 0 amide bonds. The van der Waals surface area contributed by atoms with Crippen molar-refractivity contribution in [2.24, 2.45) is 0 Å². The van der Waals surface area contributed by atoms with Crippen molar-refractivity contribution in [1.29, 1.82) is 0 Å². The molecule has 0 unspecified atom stereocenters. The molecule has 1 atom stereocenters. The summed E-state index contributed by atoms with van der Waals surface area (Å²) in [6.07, 6.45) is 5.74. The first-order chi connectivity index (χ1) is 12.3. The normalized spacial score (nSPS) is 18.4. The molecule has 0 saturated carbocycles. The Balaban J connectivity index is 1.46. The van der Waals surface area contributed by atoms with E-state index in [1.807, 2.05) is 12.1 Å². The van der Waals surface area contributed by atoms with Crippen molar-refractivity contribution in [3.05, 3.63) is 65.8 Å². The smallest absolute Gasteiger partial charge is 0.247 e. The highest BCUT2D eigenvalue weighted by molar-refractivity contribution is 5.50. The van der Waals surface area contributed by atoms with Gasteiger partial charge in [-0.15, -0.1) is 10.2 Å². The van der Waals surface area contributed by atoms with Gasteiger partial charge in [0.25, 0.3) is 0 Å². The van der Waals surface area contributed by atoms with Crippen LogP contribution in [0.3, 0.4) is 0 Å². The fourth-order valence-electron chi connectivity index (χ4n) is 3.44. The summed E-state index contributed by atoms with van der Waals surface area (Å²) < 4.78 is 5.95. The summed E-state index contributed by atoms with van der Waals surface area (Å²) in [6.45, 7) is 5.24. The van der Waals surface area contributed by atoms with Crippen LogP contribution >= 0.6 is 0 Å². The fraction of sp³-hybridized carbons (Fsp3) is 0.350. The molecule has 0 radical (unpaired) electrons. The number of hydrogen-bond donors (Lipinski definition) is 0. The minimum atomic E-state index is 0.306. The number of hydrogen-bond acceptors (Lipinski definition) is 5. The Kier molecular flexibility index (Phi) is 4.57. The lowest BCUT2D eigenvalue weighted by Gasteiger charge is -2.31. The van der Waals surface area contributed by atoms with Crippen LogP contribution in [0.1, 0.15) is 35.8 Å². The number of piperidine rings is 1. The number of likely N-dealkylation sites (tertiary alicyclic amines) is 1. The summed E-state index contributed by atoms with van der Waals surface area (Å²) in [6, 6.07) is 12.4. The van der Waals surface area contributed by atoms with E-state index in [2.05, 4.69) is 51.3 Å². The summed E-state index contributed by atoms with van der Waals surface area (Å²) >= 11 is 0. The third-order valence-corrected chi connectivity index (χ3v) is 4.88. The molecule has 1 saturated heterocycles. The van der Waals surface area contributed by atoms with E-state index in [1.54, 1.807) is 12.4 Å². The van der Waals surface area contributed by atoms with Crippen LogP contribution in [0, 0.1) is 6.92 Å². The quantitative estimate of drug-likeness (QED) is 0.726. The van der Waals surface area contributed by atoms with E-state index in [4.69, 9.17) is 4.42 Å². The highest BCUT2D eigenvalue weighted by Crippen LogP contribution is 2.29. The minimum absolute atomic E-state index is 0.306. The maximum atomic E-state index is 5.95. The van der Waals surface area contributed by atoms with Crippen LogP contribution in [0.5, 0.6) is 0 Å². The second-order valence-electron chi connectivity index (χ2n) is 6.68. The molecule has 5 nitrogen and oxygen atoms in total. The lowest BCUT2D eigenvalue weighted by atomic mass is 9.97. The zero-order valence-corrected chi connectivity index (χ0v) is 14.4. The van der Waals surface area contributed by atoms with Crippen molar-refractivity contribution in [3.63, 3.8) is 0 Å². The summed E-state index contributed by atoms with van der Waals surface area (Å²) in [4.78, 5) is 6.52. The number of aryl methyl sites for hydroxylation is 1. The van der Waals surface area contributed by atoms with Crippen LogP contribution in [-0.2, 0) is 6.54 Å². The monoisotopic (exact) mass is 334 g/mol. The van der Waals surface area contributed by atoms with Crippen molar-refractivity contribution >= 4 is 0 Å². The first-order valence-corrected chi connectivity index (χ1v) is 8.80. The summed E-state index contributed by atoms with van der Waals surface area (Å²) in [5.74, 6) is 1.63. The zero-order valence-electron chi connectivity index (χ0n) is 14.4. The highest BCUT2D eigenvalue weighted by atomic mass is 16.4. The number of nitrogens with zero attached hydrogens (tertiary/aromatic N) is 4. The molecule has 0 aliphatic carbocycles. The van der Waals surface area contributed by atoms with E-state index in [9.17, 15) is 0 Å². The lowest BCUT2D eigenvalue weighted by Crippen LogP contribution is -2.34. The molecule has 0 N–H and O–H groups in total. The average Bonchev–Trinajstić information content (AvgIpc) is 3.15. The Morgan fingerprint density at radius 3 is 2.80 bits per heavy atom. The Labute approximate surface area is 147 Å². The first kappa shape index (κ1) is 16.0. The van der Waals surface area contributed by atoms with Gasteiger partial charge in [0, 0.05) is 31.0 Å². The van der Waals surface area contributed by atoms with Gasteiger partial charge in [-0.3, -0.25) is 9.88 Å². The second-order valence-corrected chi connectivity index (χ2v) is 6.68. The predicted molar refractivity (Wildman–Crippen MR) is 96.0 cm³/mol. The summed E-state index contributed by atoms with van der Waals surface area (Å²) in [7, 11) is 0. The van der Waals surface area contributed by atoms with Crippen molar-refractivity contribution in [1.82, 2.24) is 20.1 Å². The van der Waals surface area contributed by atoms with Crippen LogP contribution in [0.25, 0.3) is 11.5 Å². The molecule has 4 rings (SSSR count). The van der Waals surface area contributed by atoms with E-state index in [0.29, 0.717) is 11.8 Å². The standard InChI is InChI=1S/C20H22N4O/c1-15-5-2-3-6-17(15)13-24-12-4-7-18(14-24)20-23-22-19(25-20)16-8-10-21-11-9-16/h2-3,5-6,8-11,18H,4,7,12-14H2,1H3/t18-/m0/s1. The summed E-state index contributed by atoms with van der Waals surface area (Å²) in [5.41, 5.74) is 3.66. The predicted octanol–water partition coefficient (Wildman–Crippen LogP) is 3.82. The molecule has 3 aromatic rings. The Morgan fingerprint density at radius 1 is 1.12 bits per heavy atom. The molecule has 2 aromatic heterocycles. The van der Waals surface area contributed by atoms with Gasteiger partial charge in [0.1, 0.15) is 0 Å². The van der Waals surface area contributed by atoms with Gasteiger partial charge >= 0.3 is 0 Å². The van der Waals surface area contributed by atoms with Gasteiger partial charge in [-0.25, -0.2) is 0 Å². The van der Waals surface area contributed by atoms with Crippen molar-refractivity contribution < 1.29 is 4.42 Å². The lowest BCUT2D eigenvalue weighted by molar-refractivity contribution is 0.186. The third kappa shape index (κ3) is 3.61. The van der Waals surface area contributed by atoms with Gasteiger partial charge in [0.05, 0.1) is 5.92 Å². The van der Waals surface area contributed by atoms with Crippen LogP contribution in [0.15, 0.2) is 53.2 Å². The highest BCUT2D eigenvalue weighted by Gasteiger charge is 2.26. The molecular formula is C20H22N4O. The molecular weight excluding hydrogens is 312 g/mol. The molecule has 128 valence electrons. The van der Waals surface area contributed by atoms with Crippen molar-refractivity contribution in [2.75, 3.05) is 13.1 Å². The number of rotatable bonds is 4. The number of pyridine rings is 1. The molecule has 0 spiro atoms. The first-order valence-electron chi connectivity index (χ1n) is 8.80. The molecule has 1 aliphatic rings. The molecule has 25 heavy (non-hydrogen) atoms. The number of benzene rings is 1. The molecule has 3 heterocycles. The van der Waals surface area contributed by atoms with Gasteiger partial charge in [-0.05, 0) is 49.6 Å². The third-order valence-electron chi connectivity index (χ3n) is 4.88. The van der Waals surface area contributed by atoms with Crippen molar-refractivity contribution in [3.8, 4) is 11.5 Å². The molecule has 5 heteroatoms. The van der Waals surface area contributed by atoms with Gasteiger partial charge in [-0.2, -0.15) is 0 Å². The maximum Gasteiger partial charge on any atom is 0.247 e. The van der Waals surface area contributed by atoms with Crippen LogP contribution in [0.2, 0.25) is 0 Å². The van der Waals surface area contributed by atoms with Gasteiger partial charge in [-0.1, -0.05) is 24.3 Å². The molecule has 1 aromatic carbocycles. The van der Waals surface area contributed by atoms with E-state index < -0.39 is 0 Å². The average molecular weight is 334 g/mol. The van der Waals surface area contributed by atoms with Crippen LogP contribution in [0.4, 0.5) is 0 Å². The van der Waals surface area contributed by atoms with E-state index >= 15 is 0 Å². The van der Waals surface area contributed by atoms with Crippen molar-refractivity contribution in [2.45, 2.75) is 32.2 Å². The van der Waals surface area contributed by atoms with E-state index in [1.165, 1.54) is 11.1 Å². The van der Waals surface area contributed by atoms with Gasteiger partial charge in [0.2, 0.25) is 11.8 Å². The van der Waals surface area contributed by atoms with Gasteiger partial charge in [0.15, 0.2) is 0 Å². The minimum Gasteiger partial charge on any atom is -0.420 e. The Bertz CT molecular complexity index is 830. The fourth-order valence-corrected chi connectivity index (χ4v) is 3.44. The zero-order chi connectivity index (χ0) is 17.1. The Morgan fingerprint density at radius 2 is 1.96 bits per heavy atom. The molecule has 1 aliphatic heterocycles. The van der Waals surface area contributed by atoms with Crippen LogP contribution in [-0.4, -0.2) is 33.2 Å². The second kappa shape index (κ2) is 7.15. The Hall–Kier alpha value is -2.53. The molecule has 1 fully saturated rings. The number of aromatic nitrogens is 3. The van der Waals surface area contributed by atoms with E-state index in [-0.39, 0.29) is 0 Å². The van der Waals surface area contributed by atoms with E-state index in [0.717, 1.165) is 43.9 Å². The largest absolute Gasteiger partial charge is 0.420 e. The molecule has 0 bridgehead atoms. The SMILES string of the molecule is Cc1ccccc1CN1CCC[C@H](c2nnc(-c3ccncc3)o2)C1. The van der Waals surface area contributed by atoms with Gasteiger partial charge < -0.3 is 4.42 Å².